The molecule has 15 nitrogen and oxygen atoms in total. The smallest absolute Gasteiger partial charge is 0.324 e. The second-order valence-electron chi connectivity index (χ2n) is 23.1. The Labute approximate surface area is 431 Å². The van der Waals surface area contributed by atoms with E-state index in [4.69, 9.17) is 9.72 Å². The summed E-state index contributed by atoms with van der Waals surface area (Å²) in [5.74, 6) is -1.38. The van der Waals surface area contributed by atoms with Gasteiger partial charge >= 0.3 is 5.97 Å². The summed E-state index contributed by atoms with van der Waals surface area (Å²) < 4.78 is 8.64. The van der Waals surface area contributed by atoms with E-state index in [1.165, 1.54) is 20.4 Å². The van der Waals surface area contributed by atoms with E-state index < -0.39 is 41.3 Å². The standard InChI is InChI=1S/C58H78N8O7/c1-9-65-49-19-18-40-29-44(49)46(53(65)45-30-42(32-59-51(45)35(2)3)37-20-23-62(6)24-21-37)31-58(4,5)34-73-57(72)47-15-12-22-66(61-47)56(71)48(27-36-25-41(40)28-43(67)26-36)60-54(69)52(38-13-10-11-14-38)64(8)50(68)33-63(7)55(70)39-16-17-39/h18-19,25-26,28-30,32,35,37-39,47-48,52,61,67H,9-17,20-24,27,31,33-34H2,1-8H3,(H,60,69)/t47-,48-,52-/m0/s1. The Morgan fingerprint density at radius 1 is 0.932 bits per heavy atom. The molecule has 73 heavy (non-hydrogen) atoms. The first-order valence-electron chi connectivity index (χ1n) is 27.1. The van der Waals surface area contributed by atoms with Gasteiger partial charge in [-0.05, 0) is 161 Å². The topological polar surface area (TPSA) is 170 Å². The van der Waals surface area contributed by atoms with E-state index in [9.17, 15) is 29.1 Å². The molecule has 5 aliphatic rings. The number of hydrazine groups is 1. The van der Waals surface area contributed by atoms with Gasteiger partial charge in [0.05, 0.1) is 24.5 Å². The van der Waals surface area contributed by atoms with Gasteiger partial charge < -0.3 is 34.4 Å². The van der Waals surface area contributed by atoms with Gasteiger partial charge in [-0.25, -0.2) is 5.43 Å². The third-order valence-corrected chi connectivity index (χ3v) is 16.4. The average Bonchev–Trinajstić information content (AvgIpc) is 4.00. The third-order valence-electron chi connectivity index (χ3n) is 16.4. The van der Waals surface area contributed by atoms with E-state index in [0.29, 0.717) is 43.8 Å². The van der Waals surface area contributed by atoms with Crippen molar-refractivity contribution in [1.82, 2.24) is 40.0 Å². The molecule has 3 aliphatic heterocycles. The number of hydrogen-bond acceptors (Lipinski definition) is 10. The van der Waals surface area contributed by atoms with Crippen LogP contribution in [-0.4, -0.2) is 136 Å². The van der Waals surface area contributed by atoms with Gasteiger partial charge in [-0.1, -0.05) is 52.7 Å². The summed E-state index contributed by atoms with van der Waals surface area (Å²) in [4.78, 5) is 81.2. The molecule has 2 aromatic heterocycles. The number of aryl methyl sites for hydroxylation is 1. The minimum Gasteiger partial charge on any atom is -0.508 e. The van der Waals surface area contributed by atoms with E-state index >= 15 is 0 Å². The maximum absolute atomic E-state index is 14.9. The largest absolute Gasteiger partial charge is 0.508 e. The number of rotatable bonds is 11. The third kappa shape index (κ3) is 11.3. The summed E-state index contributed by atoms with van der Waals surface area (Å²) in [5.41, 5.74) is 11.7. The number of nitrogens with zero attached hydrogens (tertiary/aromatic N) is 6. The molecule has 5 heterocycles. The van der Waals surface area contributed by atoms with E-state index in [1.807, 2.05) is 6.07 Å². The molecule has 3 atom stereocenters. The first kappa shape index (κ1) is 52.1. The highest BCUT2D eigenvalue weighted by Crippen LogP contribution is 2.44. The molecule has 4 aromatic rings. The summed E-state index contributed by atoms with van der Waals surface area (Å²) in [6, 6.07) is 11.4. The van der Waals surface area contributed by atoms with Crippen LogP contribution in [-0.2, 0) is 48.1 Å². The SMILES string of the molecule is CCn1c(-c2cc(C3CCN(C)CC3)cnc2C(C)C)c2c3cc(ccc31)-c1cc(O)cc(c1)C[C@H](NC(=O)[C@H](C1CCCC1)N(C)C(=O)CN(C)C(=O)C1CC1)C(=O)N1CCC[C@H](N1)C(=O)OCC(C)(C)C2. The Balaban J connectivity index is 1.13. The maximum atomic E-state index is 14.9. The van der Waals surface area contributed by atoms with Gasteiger partial charge in [-0.2, -0.15) is 0 Å². The van der Waals surface area contributed by atoms with Crippen LogP contribution in [0.3, 0.4) is 0 Å². The molecule has 3 N–H and O–H groups in total. The Kier molecular flexibility index (Phi) is 15.4. The number of fused-ring (bicyclic) bond motifs is 6. The van der Waals surface area contributed by atoms with Crippen molar-refractivity contribution in [2.24, 2.45) is 17.3 Å². The average molecular weight is 999 g/mol. The van der Waals surface area contributed by atoms with Gasteiger partial charge in [0.1, 0.15) is 23.9 Å². The number of hydrogen-bond donors (Lipinski definition) is 3. The Bertz CT molecular complexity index is 2730. The molecule has 4 fully saturated rings. The molecule has 0 spiro atoms. The number of phenols is 1. The van der Waals surface area contributed by atoms with Crippen LogP contribution in [0.1, 0.15) is 133 Å². The van der Waals surface area contributed by atoms with Crippen LogP contribution in [0.25, 0.3) is 33.3 Å². The number of likely N-dealkylation sites (N-methyl/N-ethyl adjacent to an activating group) is 2. The summed E-state index contributed by atoms with van der Waals surface area (Å²) in [6.07, 6.45) is 10.8. The number of amides is 4. The van der Waals surface area contributed by atoms with Gasteiger partial charge in [-0.15, -0.1) is 0 Å². The predicted octanol–water partition coefficient (Wildman–Crippen LogP) is 7.56. The number of cyclic esters (lactones) is 1. The normalized spacial score (nSPS) is 21.7. The number of esters is 1. The van der Waals surface area contributed by atoms with Gasteiger partial charge in [0.15, 0.2) is 0 Å². The van der Waals surface area contributed by atoms with Gasteiger partial charge in [0.25, 0.3) is 5.91 Å². The lowest BCUT2D eigenvalue weighted by Gasteiger charge is -2.37. The fourth-order valence-corrected chi connectivity index (χ4v) is 12.1. The Hall–Kier alpha value is -5.80. The number of carbonyl (C=O) groups is 5. The quantitative estimate of drug-likeness (QED) is 0.128. The molecule has 2 saturated heterocycles. The van der Waals surface area contributed by atoms with Crippen LogP contribution in [0.2, 0.25) is 0 Å². The van der Waals surface area contributed by atoms with Crippen molar-refractivity contribution in [2.75, 3.05) is 53.9 Å². The number of carbonyl (C=O) groups excluding carboxylic acids is 5. The fraction of sp³-hybridized carbons (Fsp3) is 0.586. The van der Waals surface area contributed by atoms with Crippen LogP contribution in [0.4, 0.5) is 0 Å². The zero-order valence-corrected chi connectivity index (χ0v) is 44.5. The number of likely N-dealkylation sites (tertiary alicyclic amines) is 1. The molecule has 392 valence electrons. The van der Waals surface area contributed by atoms with Crippen molar-refractivity contribution >= 4 is 40.5 Å². The molecule has 15 heteroatoms. The minimum absolute atomic E-state index is 0.0174. The molecule has 2 aliphatic carbocycles. The number of pyridine rings is 1. The van der Waals surface area contributed by atoms with Crippen LogP contribution in [0.15, 0.2) is 48.7 Å². The lowest BCUT2D eigenvalue weighted by Crippen LogP contribution is -2.62. The van der Waals surface area contributed by atoms with Crippen molar-refractivity contribution in [2.45, 2.75) is 148 Å². The molecule has 2 aromatic carbocycles. The van der Waals surface area contributed by atoms with Crippen LogP contribution in [0.5, 0.6) is 5.75 Å². The lowest BCUT2D eigenvalue weighted by atomic mass is 9.83. The van der Waals surface area contributed by atoms with Crippen molar-refractivity contribution < 1.29 is 33.8 Å². The number of aromatic hydroxyl groups is 1. The van der Waals surface area contributed by atoms with Gasteiger partial charge in [0.2, 0.25) is 17.7 Å². The van der Waals surface area contributed by atoms with Crippen molar-refractivity contribution in [3.63, 3.8) is 0 Å². The first-order chi connectivity index (χ1) is 34.9. The molecule has 2 saturated carbocycles. The summed E-state index contributed by atoms with van der Waals surface area (Å²) in [5, 5.41) is 17.1. The van der Waals surface area contributed by atoms with E-state index in [0.717, 1.165) is 109 Å². The summed E-state index contributed by atoms with van der Waals surface area (Å²) >= 11 is 0. The monoisotopic (exact) mass is 999 g/mol. The summed E-state index contributed by atoms with van der Waals surface area (Å²) in [7, 11) is 5.43. The van der Waals surface area contributed by atoms with Gasteiger partial charge in [-0.3, -0.25) is 34.0 Å². The molecule has 9 rings (SSSR count). The Morgan fingerprint density at radius 3 is 2.37 bits per heavy atom. The molecule has 0 radical (unpaired) electrons. The van der Waals surface area contributed by atoms with Crippen LogP contribution in [0, 0.1) is 17.3 Å². The molecule has 6 bridgehead atoms. The zero-order valence-electron chi connectivity index (χ0n) is 44.5. The number of phenolic OH excluding ortho intramolecular Hbond substituents is 1. The molecular weight excluding hydrogens is 921 g/mol. The number of nitrogens with one attached hydrogen (secondary N) is 2. The lowest BCUT2D eigenvalue weighted by molar-refractivity contribution is -0.155. The molecule has 0 unspecified atom stereocenters. The highest BCUT2D eigenvalue weighted by atomic mass is 16.5. The number of ether oxygens (including phenoxy) is 1. The second-order valence-corrected chi connectivity index (χ2v) is 23.1. The molecular formula is C58H78N8O7. The number of piperidine rings is 1. The number of benzene rings is 2. The van der Waals surface area contributed by atoms with E-state index in [-0.39, 0.29) is 54.9 Å². The number of aromatic nitrogens is 2. The minimum atomic E-state index is -1.14. The molecule has 4 amide bonds. The van der Waals surface area contributed by atoms with Crippen LogP contribution >= 0.6 is 0 Å². The zero-order chi connectivity index (χ0) is 51.9. The Morgan fingerprint density at radius 2 is 1.67 bits per heavy atom. The maximum Gasteiger partial charge on any atom is 0.324 e. The van der Waals surface area contributed by atoms with Crippen molar-refractivity contribution in [3.8, 4) is 28.1 Å². The van der Waals surface area contributed by atoms with Crippen molar-refractivity contribution in [1.29, 1.82) is 0 Å². The van der Waals surface area contributed by atoms with Gasteiger partial charge in [0, 0.05) is 67.6 Å². The van der Waals surface area contributed by atoms with E-state index in [1.54, 1.807) is 26.2 Å². The first-order valence-corrected chi connectivity index (χ1v) is 27.1. The van der Waals surface area contributed by atoms with E-state index in [2.05, 4.69) is 92.3 Å². The van der Waals surface area contributed by atoms with Crippen LogP contribution < -0.4 is 10.7 Å². The van der Waals surface area contributed by atoms with Crippen molar-refractivity contribution in [3.05, 3.63) is 71.0 Å². The predicted molar refractivity (Wildman–Crippen MR) is 282 cm³/mol. The highest BCUT2D eigenvalue weighted by Gasteiger charge is 2.41. The fourth-order valence-electron chi connectivity index (χ4n) is 12.1. The second kappa shape index (κ2) is 21.6. The summed E-state index contributed by atoms with van der Waals surface area (Å²) in [6.45, 7) is 13.9. The highest BCUT2D eigenvalue weighted by molar-refractivity contribution is 5.96.